The number of nitrogens with zero attached hydrogens (tertiary/aromatic N) is 1. The summed E-state index contributed by atoms with van der Waals surface area (Å²) < 4.78 is 0.997. The third-order valence-electron chi connectivity index (χ3n) is 2.43. The molecule has 2 rings (SSSR count). The van der Waals surface area contributed by atoms with Gasteiger partial charge in [0.25, 0.3) is 0 Å². The monoisotopic (exact) mass is 254 g/mol. The molecule has 0 unspecified atom stereocenters. The van der Waals surface area contributed by atoms with E-state index in [0.29, 0.717) is 6.54 Å². The Morgan fingerprint density at radius 3 is 2.93 bits per heavy atom. The molecule has 0 atom stereocenters. The van der Waals surface area contributed by atoms with Crippen molar-refractivity contribution >= 4 is 33.2 Å². The molecule has 1 aliphatic rings. The van der Waals surface area contributed by atoms with Crippen LogP contribution in [0.3, 0.4) is 0 Å². The maximum Gasteiger partial charge on any atom is 0.246 e. The van der Waals surface area contributed by atoms with E-state index in [4.69, 9.17) is 0 Å². The summed E-state index contributed by atoms with van der Waals surface area (Å²) in [5.41, 5.74) is 3.14. The lowest BCUT2D eigenvalue weighted by Crippen LogP contribution is -2.37. The molecular weight excluding hydrogens is 244 g/mol. The van der Waals surface area contributed by atoms with Crippen LogP contribution in [0.5, 0.6) is 0 Å². The van der Waals surface area contributed by atoms with Gasteiger partial charge in [-0.3, -0.25) is 4.79 Å². The van der Waals surface area contributed by atoms with Crippen LogP contribution in [0, 0.1) is 6.92 Å². The third kappa shape index (κ3) is 1.39. The van der Waals surface area contributed by atoms with Gasteiger partial charge in [0.1, 0.15) is 0 Å². The molecule has 0 radical (unpaired) electrons. The number of amides is 1. The van der Waals surface area contributed by atoms with E-state index in [9.17, 15) is 4.79 Å². The summed E-state index contributed by atoms with van der Waals surface area (Å²) in [7, 11) is 1.80. The zero-order valence-electron chi connectivity index (χ0n) is 8.10. The van der Waals surface area contributed by atoms with E-state index in [2.05, 4.69) is 21.2 Å². The van der Waals surface area contributed by atoms with Crippen LogP contribution in [0.1, 0.15) is 5.56 Å². The highest BCUT2D eigenvalue weighted by Gasteiger charge is 2.21. The lowest BCUT2D eigenvalue weighted by atomic mass is 10.1. The number of likely N-dealkylation sites (N-methyl/N-ethyl adjacent to an activating group) is 1. The summed E-state index contributed by atoms with van der Waals surface area (Å²) >= 11 is 3.42. The number of fused-ring (bicyclic) bond motifs is 1. The fourth-order valence-electron chi connectivity index (χ4n) is 1.64. The second-order valence-electron chi connectivity index (χ2n) is 3.42. The van der Waals surface area contributed by atoms with Crippen molar-refractivity contribution in [2.24, 2.45) is 0 Å². The van der Waals surface area contributed by atoms with E-state index in [1.54, 1.807) is 11.9 Å². The van der Waals surface area contributed by atoms with Gasteiger partial charge < -0.3 is 10.2 Å². The van der Waals surface area contributed by atoms with Gasteiger partial charge in [0, 0.05) is 11.5 Å². The fourth-order valence-corrected chi connectivity index (χ4v) is 2.20. The minimum atomic E-state index is 0.0926. The van der Waals surface area contributed by atoms with Gasteiger partial charge in [-0.15, -0.1) is 0 Å². The van der Waals surface area contributed by atoms with Crippen molar-refractivity contribution < 1.29 is 4.79 Å². The Bertz CT molecular complexity index is 403. The van der Waals surface area contributed by atoms with Crippen LogP contribution in [0.2, 0.25) is 0 Å². The van der Waals surface area contributed by atoms with Crippen molar-refractivity contribution in [2.45, 2.75) is 6.92 Å². The summed E-state index contributed by atoms with van der Waals surface area (Å²) in [4.78, 5) is 13.1. The summed E-state index contributed by atoms with van der Waals surface area (Å²) in [6.07, 6.45) is 0. The number of carbonyl (C=O) groups is 1. The Labute approximate surface area is 91.2 Å². The number of hydrogen-bond donors (Lipinski definition) is 1. The standard InChI is InChI=1S/C10H11BrN2O/c1-6-3-7(11)4-8-10(6)12-5-9(14)13(8)2/h3-4,12H,5H2,1-2H3. The van der Waals surface area contributed by atoms with Crippen molar-refractivity contribution in [2.75, 3.05) is 23.8 Å². The lowest BCUT2D eigenvalue weighted by Gasteiger charge is -2.28. The highest BCUT2D eigenvalue weighted by Crippen LogP contribution is 2.34. The second-order valence-corrected chi connectivity index (χ2v) is 4.34. The normalized spacial score (nSPS) is 15.1. The van der Waals surface area contributed by atoms with E-state index in [1.165, 1.54) is 0 Å². The molecule has 74 valence electrons. The molecule has 1 aromatic rings. The van der Waals surface area contributed by atoms with Gasteiger partial charge in [-0.25, -0.2) is 0 Å². The highest BCUT2D eigenvalue weighted by molar-refractivity contribution is 9.10. The molecule has 3 nitrogen and oxygen atoms in total. The van der Waals surface area contributed by atoms with Crippen LogP contribution in [-0.4, -0.2) is 19.5 Å². The fraction of sp³-hybridized carbons (Fsp3) is 0.300. The third-order valence-corrected chi connectivity index (χ3v) is 2.89. The number of carbonyl (C=O) groups excluding carboxylic acids is 1. The number of hydrogen-bond acceptors (Lipinski definition) is 2. The van der Waals surface area contributed by atoms with E-state index in [-0.39, 0.29) is 5.91 Å². The Hall–Kier alpha value is -1.03. The molecule has 1 heterocycles. The SMILES string of the molecule is Cc1cc(Br)cc2c1NCC(=O)N2C. The molecule has 0 saturated carbocycles. The number of nitrogens with one attached hydrogen (secondary N) is 1. The van der Waals surface area contributed by atoms with Crippen LogP contribution in [-0.2, 0) is 4.79 Å². The summed E-state index contributed by atoms with van der Waals surface area (Å²) in [6, 6.07) is 3.99. The first kappa shape index (κ1) is 9.52. The second kappa shape index (κ2) is 3.28. The molecule has 0 aromatic heterocycles. The van der Waals surface area contributed by atoms with Gasteiger partial charge in [0.2, 0.25) is 5.91 Å². The van der Waals surface area contributed by atoms with Crippen molar-refractivity contribution in [1.29, 1.82) is 0 Å². The summed E-state index contributed by atoms with van der Waals surface area (Å²) in [5.74, 6) is 0.0926. The highest BCUT2D eigenvalue weighted by atomic mass is 79.9. The molecule has 0 fully saturated rings. The minimum absolute atomic E-state index is 0.0926. The van der Waals surface area contributed by atoms with Crippen LogP contribution >= 0.6 is 15.9 Å². The van der Waals surface area contributed by atoms with Crippen LogP contribution in [0.15, 0.2) is 16.6 Å². The molecule has 1 amide bonds. The van der Waals surface area contributed by atoms with Gasteiger partial charge in [0.05, 0.1) is 17.9 Å². The molecule has 0 bridgehead atoms. The van der Waals surface area contributed by atoms with E-state index >= 15 is 0 Å². The number of rotatable bonds is 0. The first-order chi connectivity index (χ1) is 6.59. The molecule has 1 N–H and O–H groups in total. The molecule has 1 aromatic carbocycles. The number of aryl methyl sites for hydroxylation is 1. The number of halogens is 1. The van der Waals surface area contributed by atoms with Crippen molar-refractivity contribution in [1.82, 2.24) is 0 Å². The Kier molecular flexibility index (Phi) is 2.23. The molecule has 0 spiro atoms. The molecule has 1 aliphatic heterocycles. The predicted molar refractivity (Wildman–Crippen MR) is 60.8 cm³/mol. The number of benzene rings is 1. The van der Waals surface area contributed by atoms with Crippen LogP contribution in [0.4, 0.5) is 11.4 Å². The minimum Gasteiger partial charge on any atom is -0.374 e. The average Bonchev–Trinajstić information content (AvgIpc) is 2.12. The topological polar surface area (TPSA) is 32.3 Å². The van der Waals surface area contributed by atoms with E-state index < -0.39 is 0 Å². The largest absolute Gasteiger partial charge is 0.374 e. The van der Waals surface area contributed by atoms with E-state index in [1.807, 2.05) is 19.1 Å². The summed E-state index contributed by atoms with van der Waals surface area (Å²) in [5, 5.41) is 3.13. The molecule has 14 heavy (non-hydrogen) atoms. The van der Waals surface area contributed by atoms with Crippen molar-refractivity contribution in [3.05, 3.63) is 22.2 Å². The quantitative estimate of drug-likeness (QED) is 0.770. The van der Waals surface area contributed by atoms with E-state index in [0.717, 1.165) is 21.4 Å². The Balaban J connectivity index is 2.59. The maximum atomic E-state index is 11.4. The van der Waals surface area contributed by atoms with Gasteiger partial charge in [-0.1, -0.05) is 15.9 Å². The average molecular weight is 255 g/mol. The molecule has 0 saturated heterocycles. The van der Waals surface area contributed by atoms with Crippen LogP contribution < -0.4 is 10.2 Å². The lowest BCUT2D eigenvalue weighted by molar-refractivity contribution is -0.116. The van der Waals surface area contributed by atoms with Gasteiger partial charge in [-0.05, 0) is 24.6 Å². The first-order valence-corrected chi connectivity index (χ1v) is 5.19. The van der Waals surface area contributed by atoms with Gasteiger partial charge >= 0.3 is 0 Å². The first-order valence-electron chi connectivity index (χ1n) is 4.40. The van der Waals surface area contributed by atoms with Crippen molar-refractivity contribution in [3.8, 4) is 0 Å². The predicted octanol–water partition coefficient (Wildman–Crippen LogP) is 2.15. The molecular formula is C10H11BrN2O. The molecule has 0 aliphatic carbocycles. The maximum absolute atomic E-state index is 11.4. The Morgan fingerprint density at radius 1 is 1.50 bits per heavy atom. The van der Waals surface area contributed by atoms with Gasteiger partial charge in [0.15, 0.2) is 0 Å². The zero-order chi connectivity index (χ0) is 10.3. The Morgan fingerprint density at radius 2 is 2.21 bits per heavy atom. The van der Waals surface area contributed by atoms with Gasteiger partial charge in [-0.2, -0.15) is 0 Å². The van der Waals surface area contributed by atoms with Crippen molar-refractivity contribution in [3.63, 3.8) is 0 Å². The number of anilines is 2. The smallest absolute Gasteiger partial charge is 0.246 e. The zero-order valence-corrected chi connectivity index (χ0v) is 9.68. The molecule has 4 heteroatoms. The summed E-state index contributed by atoms with van der Waals surface area (Å²) in [6.45, 7) is 2.41. The van der Waals surface area contributed by atoms with Crippen LogP contribution in [0.25, 0.3) is 0 Å².